The van der Waals surface area contributed by atoms with E-state index in [1.54, 1.807) is 0 Å². The van der Waals surface area contributed by atoms with Crippen molar-refractivity contribution < 1.29 is 19.4 Å². The molecule has 11 atom stereocenters. The molecule has 4 heteroatoms. The van der Waals surface area contributed by atoms with Crippen LogP contribution in [0.4, 0.5) is 0 Å². The van der Waals surface area contributed by atoms with Gasteiger partial charge in [0, 0.05) is 5.41 Å². The topological polar surface area (TPSA) is 55.8 Å². The SMILES string of the molecule is C[C@H]1[C@H](C)CC[C@]2(C(=O)O)CC[C@]3(C)C(=CC[C@@H]4[C@@]5(C)CCC6OC(C)(C)OCC6(C)C5CC[C@]43C)[C@H]12. The number of hydrogen-bond donors (Lipinski definition) is 1. The third kappa shape index (κ3) is 3.18. The Bertz CT molecular complexity index is 1020. The van der Waals surface area contributed by atoms with Crippen molar-refractivity contribution in [2.24, 2.45) is 56.7 Å². The minimum atomic E-state index is -0.559. The third-order valence-corrected chi connectivity index (χ3v) is 14.3. The normalized spacial score (nSPS) is 56.5. The summed E-state index contributed by atoms with van der Waals surface area (Å²) in [7, 11) is 0. The molecule has 1 aliphatic heterocycles. The Morgan fingerprint density at radius 1 is 0.892 bits per heavy atom. The number of ether oxygens (including phenoxy) is 2. The van der Waals surface area contributed by atoms with Crippen LogP contribution in [-0.2, 0) is 14.3 Å². The second-order valence-electron chi connectivity index (χ2n) is 15.9. The molecule has 0 aromatic rings. The Morgan fingerprint density at radius 3 is 2.32 bits per heavy atom. The average Bonchev–Trinajstić information content (AvgIpc) is 2.82. The molecular formula is C33H52O4. The lowest BCUT2D eigenvalue weighted by Gasteiger charge is -2.72. The summed E-state index contributed by atoms with van der Waals surface area (Å²) >= 11 is 0. The average molecular weight is 513 g/mol. The number of allylic oxidation sites excluding steroid dienone is 2. The van der Waals surface area contributed by atoms with Crippen LogP contribution < -0.4 is 0 Å². The minimum Gasteiger partial charge on any atom is -0.481 e. The molecule has 1 heterocycles. The fraction of sp³-hybridized carbons (Fsp3) is 0.909. The van der Waals surface area contributed by atoms with E-state index in [1.165, 1.54) is 24.8 Å². The molecule has 208 valence electrons. The maximum atomic E-state index is 12.9. The van der Waals surface area contributed by atoms with Gasteiger partial charge in [-0.05, 0) is 117 Å². The van der Waals surface area contributed by atoms with Crippen LogP contribution >= 0.6 is 0 Å². The Hall–Kier alpha value is -0.870. The highest BCUT2D eigenvalue weighted by Crippen LogP contribution is 2.76. The van der Waals surface area contributed by atoms with Crippen LogP contribution in [0, 0.1) is 56.7 Å². The second kappa shape index (κ2) is 7.87. The van der Waals surface area contributed by atoms with Crippen molar-refractivity contribution in [1.82, 2.24) is 0 Å². The number of carboxylic acids is 1. The monoisotopic (exact) mass is 512 g/mol. The van der Waals surface area contributed by atoms with E-state index < -0.39 is 17.2 Å². The first-order valence-electron chi connectivity index (χ1n) is 15.4. The van der Waals surface area contributed by atoms with Gasteiger partial charge in [0.25, 0.3) is 0 Å². The minimum absolute atomic E-state index is 0.0626. The summed E-state index contributed by atoms with van der Waals surface area (Å²) in [6.45, 7) is 19.9. The van der Waals surface area contributed by atoms with E-state index in [4.69, 9.17) is 9.47 Å². The molecule has 0 spiro atoms. The van der Waals surface area contributed by atoms with Gasteiger partial charge in [-0.25, -0.2) is 0 Å². The van der Waals surface area contributed by atoms with E-state index >= 15 is 0 Å². The van der Waals surface area contributed by atoms with Crippen molar-refractivity contribution in [1.29, 1.82) is 0 Å². The second-order valence-corrected chi connectivity index (χ2v) is 15.9. The van der Waals surface area contributed by atoms with E-state index in [-0.39, 0.29) is 33.7 Å². The van der Waals surface area contributed by atoms with Gasteiger partial charge in [-0.2, -0.15) is 0 Å². The molecule has 5 aliphatic carbocycles. The summed E-state index contributed by atoms with van der Waals surface area (Å²) in [6, 6.07) is 0. The predicted octanol–water partition coefficient (Wildman–Crippen LogP) is 7.86. The summed E-state index contributed by atoms with van der Waals surface area (Å²) in [4.78, 5) is 12.9. The largest absolute Gasteiger partial charge is 0.481 e. The van der Waals surface area contributed by atoms with Gasteiger partial charge in [0.15, 0.2) is 5.79 Å². The molecule has 5 fully saturated rings. The molecule has 4 saturated carbocycles. The Balaban J connectivity index is 1.41. The van der Waals surface area contributed by atoms with Gasteiger partial charge in [0.05, 0.1) is 18.1 Å². The molecule has 0 bridgehead atoms. The maximum absolute atomic E-state index is 12.9. The van der Waals surface area contributed by atoms with Gasteiger partial charge in [-0.3, -0.25) is 4.79 Å². The molecule has 0 amide bonds. The lowest BCUT2D eigenvalue weighted by atomic mass is 9.33. The molecule has 37 heavy (non-hydrogen) atoms. The molecule has 6 rings (SSSR count). The van der Waals surface area contributed by atoms with Crippen molar-refractivity contribution in [2.45, 2.75) is 125 Å². The van der Waals surface area contributed by atoms with Gasteiger partial charge in [-0.15, -0.1) is 0 Å². The van der Waals surface area contributed by atoms with Crippen LogP contribution in [-0.4, -0.2) is 29.6 Å². The molecule has 1 N–H and O–H groups in total. The Kier molecular flexibility index (Phi) is 5.60. The fourth-order valence-electron chi connectivity index (χ4n) is 11.7. The van der Waals surface area contributed by atoms with Crippen LogP contribution in [0.15, 0.2) is 11.6 Å². The zero-order valence-electron chi connectivity index (χ0n) is 24.8. The van der Waals surface area contributed by atoms with Crippen molar-refractivity contribution >= 4 is 5.97 Å². The number of carboxylic acid groups (broad SMARTS) is 1. The first-order chi connectivity index (χ1) is 17.1. The molecule has 6 aliphatic rings. The highest BCUT2D eigenvalue weighted by Gasteiger charge is 2.70. The smallest absolute Gasteiger partial charge is 0.310 e. The van der Waals surface area contributed by atoms with Crippen LogP contribution in [0.25, 0.3) is 0 Å². The number of carbonyl (C=O) groups is 1. The van der Waals surface area contributed by atoms with E-state index in [0.29, 0.717) is 23.7 Å². The van der Waals surface area contributed by atoms with Crippen molar-refractivity contribution in [3.63, 3.8) is 0 Å². The summed E-state index contributed by atoms with van der Waals surface area (Å²) in [5.41, 5.74) is 1.57. The van der Waals surface area contributed by atoms with E-state index in [2.05, 4.69) is 61.5 Å². The number of aliphatic carboxylic acids is 1. The molecular weight excluding hydrogens is 460 g/mol. The van der Waals surface area contributed by atoms with Crippen LogP contribution in [0.2, 0.25) is 0 Å². The maximum Gasteiger partial charge on any atom is 0.310 e. The Labute approximate surface area is 225 Å². The zero-order valence-corrected chi connectivity index (χ0v) is 24.8. The van der Waals surface area contributed by atoms with Crippen LogP contribution in [0.3, 0.4) is 0 Å². The summed E-state index contributed by atoms with van der Waals surface area (Å²) in [5, 5.41) is 10.6. The number of fused-ring (bicyclic) bond motifs is 9. The van der Waals surface area contributed by atoms with Crippen LogP contribution in [0.5, 0.6) is 0 Å². The molecule has 3 unspecified atom stereocenters. The third-order valence-electron chi connectivity index (χ3n) is 14.3. The van der Waals surface area contributed by atoms with Gasteiger partial charge >= 0.3 is 5.97 Å². The van der Waals surface area contributed by atoms with Gasteiger partial charge in [-0.1, -0.05) is 53.2 Å². The number of rotatable bonds is 1. The fourth-order valence-corrected chi connectivity index (χ4v) is 11.7. The van der Waals surface area contributed by atoms with Gasteiger partial charge < -0.3 is 14.6 Å². The van der Waals surface area contributed by atoms with Gasteiger partial charge in [0.1, 0.15) is 0 Å². The highest BCUT2D eigenvalue weighted by molar-refractivity contribution is 5.76. The van der Waals surface area contributed by atoms with Crippen molar-refractivity contribution in [2.75, 3.05) is 6.61 Å². The van der Waals surface area contributed by atoms with Crippen molar-refractivity contribution in [3.8, 4) is 0 Å². The first-order valence-corrected chi connectivity index (χ1v) is 15.4. The molecule has 4 nitrogen and oxygen atoms in total. The van der Waals surface area contributed by atoms with Gasteiger partial charge in [0.2, 0.25) is 0 Å². The summed E-state index contributed by atoms with van der Waals surface area (Å²) in [5.74, 6) is 1.40. The summed E-state index contributed by atoms with van der Waals surface area (Å²) in [6.07, 6.45) is 12.6. The predicted molar refractivity (Wildman–Crippen MR) is 146 cm³/mol. The standard InChI is InChI=1S/C33H52O4/c1-20-11-16-33(27(34)35)18-17-31(7)22(26(33)21(20)2)9-10-24-29(5)14-13-25-30(6,19-36-28(3,4)37-25)23(29)12-15-32(24,31)8/h9,20-21,23-26H,10-19H2,1-8H3,(H,34,35)/t20-,21+,23?,24-,25?,26+,29+,30?,31-,32-,33+/m1/s1. The van der Waals surface area contributed by atoms with E-state index in [0.717, 1.165) is 45.1 Å². The summed E-state index contributed by atoms with van der Waals surface area (Å²) < 4.78 is 12.9. The van der Waals surface area contributed by atoms with Crippen molar-refractivity contribution in [3.05, 3.63) is 11.6 Å². The molecule has 1 saturated heterocycles. The first kappa shape index (κ1) is 26.4. The lowest BCUT2D eigenvalue weighted by Crippen LogP contribution is -2.68. The van der Waals surface area contributed by atoms with E-state index in [9.17, 15) is 9.90 Å². The molecule has 0 aromatic heterocycles. The quantitative estimate of drug-likeness (QED) is 0.363. The lowest BCUT2D eigenvalue weighted by molar-refractivity contribution is -0.351. The molecule has 0 radical (unpaired) electrons. The van der Waals surface area contributed by atoms with Crippen LogP contribution in [0.1, 0.15) is 113 Å². The molecule has 0 aromatic carbocycles. The zero-order chi connectivity index (χ0) is 26.8. The number of hydrogen-bond acceptors (Lipinski definition) is 3. The Morgan fingerprint density at radius 2 is 1.62 bits per heavy atom. The van der Waals surface area contributed by atoms with E-state index in [1.807, 2.05) is 0 Å². The highest BCUT2D eigenvalue weighted by atomic mass is 16.7.